The van der Waals surface area contributed by atoms with Gasteiger partial charge in [-0.15, -0.1) is 0 Å². The highest BCUT2D eigenvalue weighted by Crippen LogP contribution is 2.30. The predicted molar refractivity (Wildman–Crippen MR) is 62.9 cm³/mol. The van der Waals surface area contributed by atoms with Crippen LogP contribution in [0.2, 0.25) is 0 Å². The maximum atomic E-state index is 13.5. The third-order valence-electron chi connectivity index (χ3n) is 3.99. The number of benzene rings is 1. The fourth-order valence-corrected chi connectivity index (χ4v) is 2.97. The predicted octanol–water partition coefficient (Wildman–Crippen LogP) is 2.61. The first-order valence-electron chi connectivity index (χ1n) is 6.27. The van der Waals surface area contributed by atoms with Crippen molar-refractivity contribution in [2.45, 2.75) is 18.9 Å². The standard InChI is InChI=1S/C13H15F3N2/c14-9-5-11(16)13(6-10(9)15)17-12-2-4-18-3-1-8(12)7-18/h5-6,8,12,17H,1-4,7H2. The zero-order chi connectivity index (χ0) is 12.7. The summed E-state index contributed by atoms with van der Waals surface area (Å²) in [5.74, 6) is -2.41. The van der Waals surface area contributed by atoms with Crippen molar-refractivity contribution in [2.24, 2.45) is 5.92 Å². The van der Waals surface area contributed by atoms with Crippen molar-refractivity contribution in [3.05, 3.63) is 29.6 Å². The maximum absolute atomic E-state index is 13.5. The monoisotopic (exact) mass is 256 g/mol. The Morgan fingerprint density at radius 3 is 2.56 bits per heavy atom. The number of hydrogen-bond donors (Lipinski definition) is 1. The Morgan fingerprint density at radius 2 is 1.72 bits per heavy atom. The second kappa shape index (κ2) is 4.46. The molecule has 2 fully saturated rings. The van der Waals surface area contributed by atoms with Crippen LogP contribution in [0.3, 0.4) is 0 Å². The molecular weight excluding hydrogens is 241 g/mol. The Balaban J connectivity index is 1.78. The Labute approximate surface area is 104 Å². The van der Waals surface area contributed by atoms with Gasteiger partial charge in [-0.3, -0.25) is 0 Å². The van der Waals surface area contributed by atoms with Crippen LogP contribution in [0.4, 0.5) is 18.9 Å². The summed E-state index contributed by atoms with van der Waals surface area (Å²) >= 11 is 0. The van der Waals surface area contributed by atoms with Gasteiger partial charge in [0.1, 0.15) is 5.82 Å². The molecule has 1 aromatic carbocycles. The molecule has 2 bridgehead atoms. The summed E-state index contributed by atoms with van der Waals surface area (Å²) in [6.07, 6.45) is 2.01. The van der Waals surface area contributed by atoms with Gasteiger partial charge in [0, 0.05) is 31.3 Å². The lowest BCUT2D eigenvalue weighted by atomic mass is 9.94. The normalized spacial score (nSPS) is 30.5. The average molecular weight is 256 g/mol. The largest absolute Gasteiger partial charge is 0.379 e. The van der Waals surface area contributed by atoms with Gasteiger partial charge < -0.3 is 10.2 Å². The summed E-state index contributed by atoms with van der Waals surface area (Å²) in [5, 5.41) is 3.04. The maximum Gasteiger partial charge on any atom is 0.161 e. The van der Waals surface area contributed by atoms with E-state index in [2.05, 4.69) is 10.2 Å². The van der Waals surface area contributed by atoms with E-state index < -0.39 is 17.5 Å². The molecule has 2 saturated heterocycles. The summed E-state index contributed by atoms with van der Waals surface area (Å²) < 4.78 is 39.5. The van der Waals surface area contributed by atoms with Crippen molar-refractivity contribution in [3.63, 3.8) is 0 Å². The number of hydrogen-bond acceptors (Lipinski definition) is 2. The van der Waals surface area contributed by atoms with Crippen molar-refractivity contribution < 1.29 is 13.2 Å². The minimum absolute atomic E-state index is 0.0687. The van der Waals surface area contributed by atoms with Crippen molar-refractivity contribution >= 4 is 5.69 Å². The van der Waals surface area contributed by atoms with Crippen LogP contribution in [0.25, 0.3) is 0 Å². The highest BCUT2D eigenvalue weighted by molar-refractivity contribution is 5.46. The quantitative estimate of drug-likeness (QED) is 0.818. The van der Waals surface area contributed by atoms with E-state index in [1.807, 2.05) is 0 Å². The number of fused-ring (bicyclic) bond motifs is 2. The zero-order valence-corrected chi connectivity index (χ0v) is 9.93. The molecule has 0 radical (unpaired) electrons. The smallest absolute Gasteiger partial charge is 0.161 e. The molecule has 5 heteroatoms. The van der Waals surface area contributed by atoms with E-state index in [0.29, 0.717) is 12.0 Å². The first-order valence-corrected chi connectivity index (χ1v) is 6.27. The van der Waals surface area contributed by atoms with Crippen LogP contribution in [-0.4, -0.2) is 30.6 Å². The number of anilines is 1. The van der Waals surface area contributed by atoms with Gasteiger partial charge in [-0.1, -0.05) is 0 Å². The number of nitrogens with zero attached hydrogens (tertiary/aromatic N) is 1. The van der Waals surface area contributed by atoms with Crippen LogP contribution in [0, 0.1) is 23.4 Å². The van der Waals surface area contributed by atoms with Gasteiger partial charge in [-0.2, -0.15) is 0 Å². The number of piperidine rings is 1. The van der Waals surface area contributed by atoms with Crippen molar-refractivity contribution in [2.75, 3.05) is 25.0 Å². The molecule has 1 N–H and O–H groups in total. The van der Waals surface area contributed by atoms with E-state index in [1.165, 1.54) is 0 Å². The minimum atomic E-state index is -1.14. The van der Waals surface area contributed by atoms with Crippen LogP contribution >= 0.6 is 0 Å². The van der Waals surface area contributed by atoms with Crippen molar-refractivity contribution in [1.82, 2.24) is 4.90 Å². The second-order valence-corrected chi connectivity index (χ2v) is 5.14. The molecule has 0 aromatic heterocycles. The van der Waals surface area contributed by atoms with Gasteiger partial charge >= 0.3 is 0 Å². The molecule has 1 aromatic rings. The highest BCUT2D eigenvalue weighted by Gasteiger charge is 2.34. The van der Waals surface area contributed by atoms with Crippen molar-refractivity contribution in [1.29, 1.82) is 0 Å². The molecule has 3 atom stereocenters. The first kappa shape index (κ1) is 11.8. The molecule has 2 nitrogen and oxygen atoms in total. The Kier molecular flexibility index (Phi) is 2.93. The van der Waals surface area contributed by atoms with Crippen molar-refractivity contribution in [3.8, 4) is 0 Å². The van der Waals surface area contributed by atoms with Crippen LogP contribution in [0.1, 0.15) is 12.8 Å². The van der Waals surface area contributed by atoms with Crippen LogP contribution in [-0.2, 0) is 0 Å². The lowest BCUT2D eigenvalue weighted by Gasteiger charge is -2.31. The fourth-order valence-electron chi connectivity index (χ4n) is 2.97. The molecule has 2 aliphatic heterocycles. The Morgan fingerprint density at radius 1 is 1.00 bits per heavy atom. The summed E-state index contributed by atoms with van der Waals surface area (Å²) in [6, 6.07) is 1.66. The first-order chi connectivity index (χ1) is 8.63. The number of rotatable bonds is 2. The van der Waals surface area contributed by atoms with E-state index in [-0.39, 0.29) is 11.7 Å². The van der Waals surface area contributed by atoms with E-state index in [0.717, 1.165) is 38.5 Å². The third kappa shape index (κ3) is 2.07. The second-order valence-electron chi connectivity index (χ2n) is 5.14. The highest BCUT2D eigenvalue weighted by atomic mass is 19.2. The lowest BCUT2D eigenvalue weighted by Crippen LogP contribution is -2.39. The van der Waals surface area contributed by atoms with Crippen LogP contribution < -0.4 is 5.32 Å². The van der Waals surface area contributed by atoms with Crippen LogP contribution in [0.15, 0.2) is 12.1 Å². The molecule has 0 amide bonds. The molecule has 0 aliphatic carbocycles. The van der Waals surface area contributed by atoms with Gasteiger partial charge in [0.05, 0.1) is 5.69 Å². The topological polar surface area (TPSA) is 15.3 Å². The molecule has 0 saturated carbocycles. The average Bonchev–Trinajstić information content (AvgIpc) is 2.72. The summed E-state index contributed by atoms with van der Waals surface area (Å²) in [7, 11) is 0. The van der Waals surface area contributed by atoms with Gasteiger partial charge in [0.25, 0.3) is 0 Å². The fraction of sp³-hybridized carbons (Fsp3) is 0.538. The van der Waals surface area contributed by atoms with E-state index in [9.17, 15) is 13.2 Å². The Bertz CT molecular complexity index is 464. The molecule has 2 aliphatic rings. The summed E-state index contributed by atoms with van der Waals surface area (Å²) in [5.41, 5.74) is 0.0687. The van der Waals surface area contributed by atoms with Gasteiger partial charge in [0.15, 0.2) is 11.6 Å². The summed E-state index contributed by atoms with van der Waals surface area (Å²) in [4.78, 5) is 2.38. The third-order valence-corrected chi connectivity index (χ3v) is 3.99. The van der Waals surface area contributed by atoms with Gasteiger partial charge in [-0.05, 0) is 25.3 Å². The zero-order valence-electron chi connectivity index (χ0n) is 9.93. The van der Waals surface area contributed by atoms with E-state index >= 15 is 0 Å². The molecule has 18 heavy (non-hydrogen) atoms. The molecular formula is C13H15F3N2. The van der Waals surface area contributed by atoms with Crippen LogP contribution in [0.5, 0.6) is 0 Å². The van der Waals surface area contributed by atoms with Gasteiger partial charge in [0.2, 0.25) is 0 Å². The minimum Gasteiger partial charge on any atom is -0.379 e. The molecule has 3 rings (SSSR count). The van der Waals surface area contributed by atoms with E-state index in [1.54, 1.807) is 0 Å². The number of halogens is 3. The SMILES string of the molecule is Fc1cc(F)c(NC2CCN3CCC2C3)cc1F. The number of nitrogens with one attached hydrogen (secondary N) is 1. The summed E-state index contributed by atoms with van der Waals surface area (Å²) in [6.45, 7) is 3.09. The van der Waals surface area contributed by atoms with Gasteiger partial charge in [-0.25, -0.2) is 13.2 Å². The molecule has 3 unspecified atom stereocenters. The molecule has 98 valence electrons. The Hall–Kier alpha value is -1.23. The lowest BCUT2D eigenvalue weighted by molar-refractivity contribution is 0.254. The molecule has 0 spiro atoms. The van der Waals surface area contributed by atoms with E-state index in [4.69, 9.17) is 0 Å². The molecule has 2 heterocycles.